The molecule has 0 fully saturated rings. The molecule has 0 radical (unpaired) electrons. The van der Waals surface area contributed by atoms with Crippen molar-refractivity contribution in [2.75, 3.05) is 5.73 Å². The molecule has 0 aliphatic carbocycles. The molecule has 0 aliphatic rings. The predicted octanol–water partition coefficient (Wildman–Crippen LogP) is 2.24. The topological polar surface area (TPSA) is 56.7 Å². The summed E-state index contributed by atoms with van der Waals surface area (Å²) in [5.74, 6) is 0.596. The number of nitrogens with zero attached hydrogens (tertiary/aromatic N) is 3. The minimum Gasteiger partial charge on any atom is -0.375 e. The third-order valence-corrected chi connectivity index (χ3v) is 2.68. The maximum atomic E-state index is 5.58. The molecule has 2 heterocycles. The Balaban J connectivity index is 2.20. The van der Waals surface area contributed by atoms with Crippen molar-refractivity contribution in [1.82, 2.24) is 14.8 Å². The van der Waals surface area contributed by atoms with Gasteiger partial charge in [0.1, 0.15) is 0 Å². The first kappa shape index (κ1) is 10.2. The summed E-state index contributed by atoms with van der Waals surface area (Å²) in [5, 5.41) is 6.83. The first-order valence-corrected chi connectivity index (χ1v) is 5.77. The minimum absolute atomic E-state index is 0.596. The summed E-state index contributed by atoms with van der Waals surface area (Å²) >= 11 is 1.45. The van der Waals surface area contributed by atoms with Crippen LogP contribution in [0.4, 0.5) is 5.13 Å². The molecule has 2 N–H and O–H groups in total. The monoisotopic (exact) mass is 222 g/mol. The summed E-state index contributed by atoms with van der Waals surface area (Å²) in [7, 11) is 0. The van der Waals surface area contributed by atoms with Crippen molar-refractivity contribution < 1.29 is 0 Å². The van der Waals surface area contributed by atoms with Gasteiger partial charge in [0.2, 0.25) is 0 Å². The number of anilines is 1. The third kappa shape index (κ3) is 2.36. The molecular formula is C10H14N4S. The molecule has 0 atom stereocenters. The standard InChI is InChI=1S/C10H14N4S/c1-7(2)4-14-5-8(3-12-14)9-6-15-10(11)13-9/h3,5-7H,4H2,1-2H3,(H2,11,13). The molecule has 4 nitrogen and oxygen atoms in total. The third-order valence-electron chi connectivity index (χ3n) is 2.00. The van der Waals surface area contributed by atoms with E-state index < -0.39 is 0 Å². The van der Waals surface area contributed by atoms with Gasteiger partial charge in [-0.25, -0.2) is 4.98 Å². The van der Waals surface area contributed by atoms with E-state index in [1.807, 2.05) is 22.5 Å². The van der Waals surface area contributed by atoms with Gasteiger partial charge in [-0.2, -0.15) is 5.10 Å². The van der Waals surface area contributed by atoms with Crippen LogP contribution in [-0.2, 0) is 6.54 Å². The molecule has 0 unspecified atom stereocenters. The molecule has 2 aromatic heterocycles. The molecule has 80 valence electrons. The van der Waals surface area contributed by atoms with E-state index >= 15 is 0 Å². The largest absolute Gasteiger partial charge is 0.375 e. The van der Waals surface area contributed by atoms with Crippen LogP contribution in [-0.4, -0.2) is 14.8 Å². The van der Waals surface area contributed by atoms with Gasteiger partial charge in [-0.3, -0.25) is 4.68 Å². The lowest BCUT2D eigenvalue weighted by molar-refractivity contribution is 0.483. The van der Waals surface area contributed by atoms with Crippen LogP contribution in [0.15, 0.2) is 17.8 Å². The second-order valence-corrected chi connectivity index (χ2v) is 4.81. The van der Waals surface area contributed by atoms with Crippen LogP contribution in [0.3, 0.4) is 0 Å². The van der Waals surface area contributed by atoms with E-state index in [0.29, 0.717) is 11.0 Å². The van der Waals surface area contributed by atoms with Crippen molar-refractivity contribution in [1.29, 1.82) is 0 Å². The molecule has 0 aliphatic heterocycles. The minimum atomic E-state index is 0.596. The lowest BCUT2D eigenvalue weighted by Crippen LogP contribution is -2.03. The van der Waals surface area contributed by atoms with E-state index in [9.17, 15) is 0 Å². The molecule has 0 saturated heterocycles. The summed E-state index contributed by atoms with van der Waals surface area (Å²) in [6, 6.07) is 0. The zero-order valence-electron chi connectivity index (χ0n) is 8.84. The van der Waals surface area contributed by atoms with Crippen molar-refractivity contribution in [3.05, 3.63) is 17.8 Å². The number of nitrogen functional groups attached to an aromatic ring is 1. The van der Waals surface area contributed by atoms with Crippen LogP contribution >= 0.6 is 11.3 Å². The molecule has 5 heteroatoms. The Morgan fingerprint density at radius 2 is 2.33 bits per heavy atom. The van der Waals surface area contributed by atoms with E-state index in [1.165, 1.54) is 11.3 Å². The van der Waals surface area contributed by atoms with Crippen LogP contribution in [0.5, 0.6) is 0 Å². The Labute approximate surface area is 92.8 Å². The number of rotatable bonds is 3. The highest BCUT2D eigenvalue weighted by molar-refractivity contribution is 7.13. The van der Waals surface area contributed by atoms with Crippen LogP contribution in [0.25, 0.3) is 11.3 Å². The van der Waals surface area contributed by atoms with Gasteiger partial charge in [-0.15, -0.1) is 11.3 Å². The highest BCUT2D eigenvalue weighted by atomic mass is 32.1. The molecule has 0 bridgehead atoms. The highest BCUT2D eigenvalue weighted by Gasteiger charge is 2.06. The molecular weight excluding hydrogens is 208 g/mol. The Morgan fingerprint density at radius 3 is 2.93 bits per heavy atom. The second kappa shape index (κ2) is 4.02. The molecule has 2 rings (SSSR count). The van der Waals surface area contributed by atoms with E-state index in [2.05, 4.69) is 23.9 Å². The van der Waals surface area contributed by atoms with E-state index in [0.717, 1.165) is 17.8 Å². The lowest BCUT2D eigenvalue weighted by atomic mass is 10.2. The fraction of sp³-hybridized carbons (Fsp3) is 0.400. The number of aromatic nitrogens is 3. The fourth-order valence-electron chi connectivity index (χ4n) is 1.39. The lowest BCUT2D eigenvalue weighted by Gasteiger charge is -2.02. The SMILES string of the molecule is CC(C)Cn1cc(-c2csc(N)n2)cn1. The van der Waals surface area contributed by atoms with E-state index in [-0.39, 0.29) is 0 Å². The second-order valence-electron chi connectivity index (χ2n) is 3.92. The summed E-state index contributed by atoms with van der Waals surface area (Å²) in [6.07, 6.45) is 3.84. The molecule has 15 heavy (non-hydrogen) atoms. The van der Waals surface area contributed by atoms with E-state index in [1.54, 1.807) is 0 Å². The maximum Gasteiger partial charge on any atom is 0.180 e. The van der Waals surface area contributed by atoms with Crippen molar-refractivity contribution >= 4 is 16.5 Å². The van der Waals surface area contributed by atoms with Gasteiger partial charge in [0.05, 0.1) is 11.9 Å². The van der Waals surface area contributed by atoms with Crippen molar-refractivity contribution in [3.63, 3.8) is 0 Å². The maximum absolute atomic E-state index is 5.58. The average Bonchev–Trinajstić information content (AvgIpc) is 2.72. The Morgan fingerprint density at radius 1 is 1.53 bits per heavy atom. The average molecular weight is 222 g/mol. The Kier molecular flexibility index (Phi) is 2.73. The van der Waals surface area contributed by atoms with Crippen molar-refractivity contribution in [2.45, 2.75) is 20.4 Å². The molecule has 0 aromatic carbocycles. The fourth-order valence-corrected chi connectivity index (χ4v) is 1.96. The highest BCUT2D eigenvalue weighted by Crippen LogP contribution is 2.22. The first-order valence-electron chi connectivity index (χ1n) is 4.89. The van der Waals surface area contributed by atoms with E-state index in [4.69, 9.17) is 5.73 Å². The smallest absolute Gasteiger partial charge is 0.180 e. The zero-order chi connectivity index (χ0) is 10.8. The van der Waals surface area contributed by atoms with Gasteiger partial charge in [-0.1, -0.05) is 13.8 Å². The van der Waals surface area contributed by atoms with Crippen LogP contribution in [0.1, 0.15) is 13.8 Å². The molecule has 0 spiro atoms. The Hall–Kier alpha value is -1.36. The number of hydrogen-bond acceptors (Lipinski definition) is 4. The quantitative estimate of drug-likeness (QED) is 0.866. The van der Waals surface area contributed by atoms with Gasteiger partial charge in [0, 0.05) is 23.7 Å². The van der Waals surface area contributed by atoms with Gasteiger partial charge in [-0.05, 0) is 5.92 Å². The van der Waals surface area contributed by atoms with Crippen LogP contribution < -0.4 is 5.73 Å². The number of nitrogens with two attached hydrogens (primary N) is 1. The Bertz CT molecular complexity index is 444. The predicted molar refractivity (Wildman–Crippen MR) is 62.6 cm³/mol. The normalized spacial score (nSPS) is 11.1. The van der Waals surface area contributed by atoms with Crippen LogP contribution in [0.2, 0.25) is 0 Å². The first-order chi connectivity index (χ1) is 7.15. The summed E-state index contributed by atoms with van der Waals surface area (Å²) in [6.45, 7) is 5.27. The summed E-state index contributed by atoms with van der Waals surface area (Å²) < 4.78 is 1.94. The van der Waals surface area contributed by atoms with Crippen molar-refractivity contribution in [2.24, 2.45) is 5.92 Å². The van der Waals surface area contributed by atoms with Crippen LogP contribution in [0, 0.1) is 5.92 Å². The van der Waals surface area contributed by atoms with Gasteiger partial charge < -0.3 is 5.73 Å². The zero-order valence-corrected chi connectivity index (χ0v) is 9.66. The molecule has 0 amide bonds. The molecule has 2 aromatic rings. The number of thiazole rings is 1. The van der Waals surface area contributed by atoms with Gasteiger partial charge >= 0.3 is 0 Å². The summed E-state index contributed by atoms with van der Waals surface area (Å²) in [4.78, 5) is 4.22. The summed E-state index contributed by atoms with van der Waals surface area (Å²) in [5.41, 5.74) is 7.52. The van der Waals surface area contributed by atoms with Crippen molar-refractivity contribution in [3.8, 4) is 11.3 Å². The molecule has 0 saturated carbocycles. The van der Waals surface area contributed by atoms with Gasteiger partial charge in [0.15, 0.2) is 5.13 Å². The van der Waals surface area contributed by atoms with Gasteiger partial charge in [0.25, 0.3) is 0 Å². The number of hydrogen-bond donors (Lipinski definition) is 1.